The van der Waals surface area contributed by atoms with E-state index in [0.717, 1.165) is 29.1 Å². The average molecular weight is 366 g/mol. The van der Waals surface area contributed by atoms with Crippen LogP contribution in [-0.4, -0.2) is 71.4 Å². The molecule has 1 aliphatic carbocycles. The molecule has 1 saturated carbocycles. The van der Waals surface area contributed by atoms with E-state index in [0.29, 0.717) is 13.0 Å². The van der Waals surface area contributed by atoms with Gasteiger partial charge in [-0.2, -0.15) is 0 Å². The molecule has 6 amide bonds. The first-order chi connectivity index (χ1) is 12.3. The molecular weight excluding hydrogens is 344 g/mol. The van der Waals surface area contributed by atoms with Crippen molar-refractivity contribution in [1.82, 2.24) is 20.4 Å². The van der Waals surface area contributed by atoms with Crippen LogP contribution in [0.1, 0.15) is 32.6 Å². The van der Waals surface area contributed by atoms with Gasteiger partial charge in [0.05, 0.1) is 0 Å². The summed E-state index contributed by atoms with van der Waals surface area (Å²) < 4.78 is 4.84. The zero-order chi connectivity index (χ0) is 18.9. The normalized spacial score (nSPS) is 28.3. The van der Waals surface area contributed by atoms with Gasteiger partial charge < -0.3 is 15.4 Å². The maximum Gasteiger partial charge on any atom is 0.326 e. The van der Waals surface area contributed by atoms with Gasteiger partial charge in [-0.3, -0.25) is 24.2 Å². The van der Waals surface area contributed by atoms with Crippen molar-refractivity contribution in [1.29, 1.82) is 0 Å². The molecule has 2 atom stereocenters. The van der Waals surface area contributed by atoms with E-state index in [4.69, 9.17) is 4.74 Å². The third-order valence-electron chi connectivity index (χ3n) is 5.30. The lowest BCUT2D eigenvalue weighted by Gasteiger charge is -2.36. The molecule has 0 radical (unpaired) electrons. The highest BCUT2D eigenvalue weighted by Gasteiger charge is 2.55. The van der Waals surface area contributed by atoms with Crippen molar-refractivity contribution in [3.8, 4) is 0 Å². The zero-order valence-electron chi connectivity index (χ0n) is 14.6. The largest absolute Gasteiger partial charge is 0.454 e. The van der Waals surface area contributed by atoms with Crippen LogP contribution in [0.2, 0.25) is 0 Å². The van der Waals surface area contributed by atoms with Gasteiger partial charge in [-0.15, -0.1) is 0 Å². The second kappa shape index (κ2) is 6.93. The second-order valence-electron chi connectivity index (χ2n) is 6.88. The molecule has 0 aromatic carbocycles. The minimum atomic E-state index is -0.945. The Bertz CT molecular complexity index is 665. The summed E-state index contributed by atoms with van der Waals surface area (Å²) in [7, 11) is 0. The molecule has 0 aromatic heterocycles. The van der Waals surface area contributed by atoms with Crippen molar-refractivity contribution in [3.63, 3.8) is 0 Å². The van der Waals surface area contributed by atoms with Crippen LogP contribution in [0.25, 0.3) is 0 Å². The molecule has 0 unspecified atom stereocenters. The molecule has 3 rings (SSSR count). The predicted octanol–water partition coefficient (Wildman–Crippen LogP) is -0.418. The molecule has 1 spiro atoms. The standard InChI is InChI=1S/C16H22N4O6/c1-10-4-2-3-5-16(10)13(23)20(15(25)18-16)8-12(22)26-9-11(21)19-7-6-17-14(19)24/h10H,2-9H2,1H3,(H,17,24)(H,18,25)/t10-,16+/m1/s1. The smallest absolute Gasteiger partial charge is 0.326 e. The maximum absolute atomic E-state index is 12.7. The number of rotatable bonds is 4. The fourth-order valence-electron chi connectivity index (χ4n) is 3.74. The number of imide groups is 2. The van der Waals surface area contributed by atoms with Crippen LogP contribution in [-0.2, 0) is 19.1 Å². The lowest BCUT2D eigenvalue weighted by molar-refractivity contribution is -0.153. The van der Waals surface area contributed by atoms with Crippen LogP contribution in [0.15, 0.2) is 0 Å². The van der Waals surface area contributed by atoms with Crippen LogP contribution < -0.4 is 10.6 Å². The number of hydrogen-bond donors (Lipinski definition) is 2. The van der Waals surface area contributed by atoms with Crippen molar-refractivity contribution in [3.05, 3.63) is 0 Å². The molecule has 142 valence electrons. The van der Waals surface area contributed by atoms with E-state index in [1.54, 1.807) is 0 Å². The summed E-state index contributed by atoms with van der Waals surface area (Å²) in [5.41, 5.74) is -0.945. The highest BCUT2D eigenvalue weighted by molar-refractivity contribution is 6.09. The number of ether oxygens (including phenoxy) is 1. The number of urea groups is 2. The third kappa shape index (κ3) is 3.11. The second-order valence-corrected chi connectivity index (χ2v) is 6.88. The number of carbonyl (C=O) groups is 5. The van der Waals surface area contributed by atoms with Crippen LogP contribution in [0.3, 0.4) is 0 Å². The number of hydrogen-bond acceptors (Lipinski definition) is 6. The number of carbonyl (C=O) groups excluding carboxylic acids is 5. The monoisotopic (exact) mass is 366 g/mol. The van der Waals surface area contributed by atoms with Crippen LogP contribution in [0, 0.1) is 5.92 Å². The summed E-state index contributed by atoms with van der Waals surface area (Å²) in [6.45, 7) is 1.30. The Balaban J connectivity index is 1.55. The zero-order valence-corrected chi connectivity index (χ0v) is 14.6. The van der Waals surface area contributed by atoms with E-state index in [1.165, 1.54) is 0 Å². The Morgan fingerprint density at radius 1 is 1.23 bits per heavy atom. The first kappa shape index (κ1) is 18.2. The molecule has 0 bridgehead atoms. The summed E-state index contributed by atoms with van der Waals surface area (Å²) in [6, 6.07) is -1.15. The van der Waals surface area contributed by atoms with Gasteiger partial charge in [-0.05, 0) is 18.8 Å². The van der Waals surface area contributed by atoms with E-state index in [1.807, 2.05) is 6.92 Å². The summed E-state index contributed by atoms with van der Waals surface area (Å²) in [6.07, 6.45) is 3.21. The molecule has 2 saturated heterocycles. The van der Waals surface area contributed by atoms with Gasteiger partial charge in [0.25, 0.3) is 11.8 Å². The Morgan fingerprint density at radius 3 is 2.65 bits per heavy atom. The van der Waals surface area contributed by atoms with E-state index in [-0.39, 0.29) is 12.5 Å². The molecule has 2 aliphatic heterocycles. The number of amides is 6. The van der Waals surface area contributed by atoms with Crippen molar-refractivity contribution in [2.24, 2.45) is 5.92 Å². The van der Waals surface area contributed by atoms with E-state index in [9.17, 15) is 24.0 Å². The molecule has 2 heterocycles. The quantitative estimate of drug-likeness (QED) is 0.514. The van der Waals surface area contributed by atoms with Gasteiger partial charge >= 0.3 is 18.0 Å². The minimum Gasteiger partial charge on any atom is -0.454 e. The first-order valence-corrected chi connectivity index (χ1v) is 8.73. The third-order valence-corrected chi connectivity index (χ3v) is 5.30. The first-order valence-electron chi connectivity index (χ1n) is 8.73. The summed E-state index contributed by atoms with van der Waals surface area (Å²) in [4.78, 5) is 61.9. The molecular formula is C16H22N4O6. The molecule has 26 heavy (non-hydrogen) atoms. The minimum absolute atomic E-state index is 0.0102. The highest BCUT2D eigenvalue weighted by Crippen LogP contribution is 2.38. The summed E-state index contributed by atoms with van der Waals surface area (Å²) >= 11 is 0. The van der Waals surface area contributed by atoms with Crippen LogP contribution >= 0.6 is 0 Å². The Morgan fingerprint density at radius 2 is 2.00 bits per heavy atom. The SMILES string of the molecule is C[C@@H]1CCCC[C@]12NC(=O)N(CC(=O)OCC(=O)N1CCNC1=O)C2=O. The molecule has 2 N–H and O–H groups in total. The van der Waals surface area contributed by atoms with Crippen molar-refractivity contribution in [2.45, 2.75) is 38.1 Å². The fourth-order valence-corrected chi connectivity index (χ4v) is 3.74. The van der Waals surface area contributed by atoms with E-state index >= 15 is 0 Å². The Hall–Kier alpha value is -2.65. The Kier molecular flexibility index (Phi) is 4.84. The number of nitrogens with one attached hydrogen (secondary N) is 2. The molecule has 10 heteroatoms. The average Bonchev–Trinajstić information content (AvgIpc) is 3.13. The Labute approximate surface area is 150 Å². The molecule has 10 nitrogen and oxygen atoms in total. The lowest BCUT2D eigenvalue weighted by Crippen LogP contribution is -2.54. The van der Waals surface area contributed by atoms with Gasteiger partial charge in [0.2, 0.25) is 0 Å². The van der Waals surface area contributed by atoms with Crippen LogP contribution in [0.4, 0.5) is 9.59 Å². The highest BCUT2D eigenvalue weighted by atomic mass is 16.5. The lowest BCUT2D eigenvalue weighted by atomic mass is 9.73. The topological polar surface area (TPSA) is 125 Å². The predicted molar refractivity (Wildman–Crippen MR) is 86.7 cm³/mol. The fraction of sp³-hybridized carbons (Fsp3) is 0.688. The van der Waals surface area contributed by atoms with E-state index < -0.39 is 48.5 Å². The molecule has 3 fully saturated rings. The van der Waals surface area contributed by atoms with Crippen molar-refractivity contribution in [2.75, 3.05) is 26.2 Å². The van der Waals surface area contributed by atoms with Crippen molar-refractivity contribution < 1.29 is 28.7 Å². The van der Waals surface area contributed by atoms with E-state index in [2.05, 4.69) is 10.6 Å². The van der Waals surface area contributed by atoms with Gasteiger partial charge in [0.1, 0.15) is 12.1 Å². The molecule has 0 aromatic rings. The maximum atomic E-state index is 12.7. The van der Waals surface area contributed by atoms with Gasteiger partial charge in [0.15, 0.2) is 6.61 Å². The summed E-state index contributed by atoms with van der Waals surface area (Å²) in [5, 5.41) is 5.21. The number of esters is 1. The van der Waals surface area contributed by atoms with Gasteiger partial charge in [0, 0.05) is 13.1 Å². The summed E-state index contributed by atoms with van der Waals surface area (Å²) in [5.74, 6) is -1.95. The van der Waals surface area contributed by atoms with Gasteiger partial charge in [-0.1, -0.05) is 19.8 Å². The molecule has 3 aliphatic rings. The number of nitrogens with zero attached hydrogens (tertiary/aromatic N) is 2. The van der Waals surface area contributed by atoms with Gasteiger partial charge in [-0.25, -0.2) is 9.59 Å². The van der Waals surface area contributed by atoms with Crippen LogP contribution in [0.5, 0.6) is 0 Å². The van der Waals surface area contributed by atoms with Crippen molar-refractivity contribution >= 4 is 29.8 Å².